The Morgan fingerprint density at radius 1 is 1.28 bits per heavy atom. The van der Waals surface area contributed by atoms with Gasteiger partial charge < -0.3 is 14.4 Å². The zero-order valence-corrected chi connectivity index (χ0v) is 14.6. The van der Waals surface area contributed by atoms with Crippen LogP contribution in [0, 0.1) is 0 Å². The molecule has 0 bridgehead atoms. The van der Waals surface area contributed by atoms with E-state index < -0.39 is 5.97 Å². The van der Waals surface area contributed by atoms with Crippen molar-refractivity contribution < 1.29 is 14.6 Å². The van der Waals surface area contributed by atoms with Crippen LogP contribution in [0.1, 0.15) is 12.7 Å². The third-order valence-electron chi connectivity index (χ3n) is 4.43. The van der Waals surface area contributed by atoms with Crippen LogP contribution >= 0.6 is 0 Å². The topological polar surface area (TPSA) is 83.7 Å². The summed E-state index contributed by atoms with van der Waals surface area (Å²) >= 11 is 0. The number of rotatable bonds is 8. The number of hydrogen-bond acceptors (Lipinski definition) is 6. The molecule has 1 aliphatic rings. The Bertz CT molecular complexity index is 709. The number of carboxylic acid groups (broad SMARTS) is 1. The Balaban J connectivity index is 1.68. The maximum Gasteiger partial charge on any atom is 0.317 e. The monoisotopic (exact) mass is 347 g/mol. The first-order valence-corrected chi connectivity index (χ1v) is 8.71. The average molecular weight is 347 g/mol. The van der Waals surface area contributed by atoms with Crippen LogP contribution in [0.3, 0.4) is 0 Å². The molecule has 0 unspecified atom stereocenters. The lowest BCUT2D eigenvalue weighted by molar-refractivity contribution is -0.138. The predicted octanol–water partition coefficient (Wildman–Crippen LogP) is 0.670. The predicted molar refractivity (Wildman–Crippen MR) is 93.4 cm³/mol. The molecular formula is C17H25N5O3. The SMILES string of the molecule is CCOCCn1c(CN2CCN(CC(=O)O)CC2)nc2cccnc21. The minimum atomic E-state index is -0.766. The smallest absolute Gasteiger partial charge is 0.317 e. The number of aromatic nitrogens is 3. The summed E-state index contributed by atoms with van der Waals surface area (Å²) in [4.78, 5) is 24.3. The van der Waals surface area contributed by atoms with Crippen molar-refractivity contribution in [3.63, 3.8) is 0 Å². The van der Waals surface area contributed by atoms with Gasteiger partial charge in [0.25, 0.3) is 0 Å². The summed E-state index contributed by atoms with van der Waals surface area (Å²) in [6, 6.07) is 3.88. The minimum Gasteiger partial charge on any atom is -0.480 e. The van der Waals surface area contributed by atoms with Crippen molar-refractivity contribution >= 4 is 17.1 Å². The van der Waals surface area contributed by atoms with Crippen molar-refractivity contribution in [3.05, 3.63) is 24.2 Å². The molecule has 0 saturated carbocycles. The number of nitrogens with zero attached hydrogens (tertiary/aromatic N) is 5. The maximum atomic E-state index is 10.8. The summed E-state index contributed by atoms with van der Waals surface area (Å²) in [6.45, 7) is 8.13. The number of carbonyl (C=O) groups is 1. The number of hydrogen-bond donors (Lipinski definition) is 1. The molecule has 2 aromatic rings. The Morgan fingerprint density at radius 2 is 2.04 bits per heavy atom. The van der Waals surface area contributed by atoms with Crippen molar-refractivity contribution in [2.45, 2.75) is 20.0 Å². The fraction of sp³-hybridized carbons (Fsp3) is 0.588. The van der Waals surface area contributed by atoms with Crippen LogP contribution in [0.4, 0.5) is 0 Å². The van der Waals surface area contributed by atoms with Gasteiger partial charge >= 0.3 is 5.97 Å². The Labute approximate surface area is 147 Å². The summed E-state index contributed by atoms with van der Waals surface area (Å²) in [5, 5.41) is 8.90. The van der Waals surface area contributed by atoms with E-state index in [9.17, 15) is 4.79 Å². The molecule has 1 aliphatic heterocycles. The molecule has 8 heteroatoms. The first-order chi connectivity index (χ1) is 12.2. The molecule has 3 heterocycles. The van der Waals surface area contributed by atoms with Gasteiger partial charge in [0.15, 0.2) is 5.65 Å². The molecular weight excluding hydrogens is 322 g/mol. The Kier molecular flexibility index (Phi) is 5.95. The molecule has 25 heavy (non-hydrogen) atoms. The zero-order chi connectivity index (χ0) is 17.6. The summed E-state index contributed by atoms with van der Waals surface area (Å²) in [5.74, 6) is 0.220. The fourth-order valence-electron chi connectivity index (χ4n) is 3.16. The average Bonchev–Trinajstić information content (AvgIpc) is 2.94. The summed E-state index contributed by atoms with van der Waals surface area (Å²) in [7, 11) is 0. The molecule has 0 amide bonds. The van der Waals surface area contributed by atoms with Gasteiger partial charge in [-0.05, 0) is 19.1 Å². The molecule has 8 nitrogen and oxygen atoms in total. The lowest BCUT2D eigenvalue weighted by atomic mass is 10.3. The van der Waals surface area contributed by atoms with Crippen LogP contribution in [0.5, 0.6) is 0 Å². The number of imidazole rings is 1. The van der Waals surface area contributed by atoms with Gasteiger partial charge in [-0.3, -0.25) is 14.6 Å². The van der Waals surface area contributed by atoms with Crippen molar-refractivity contribution in [2.75, 3.05) is 45.9 Å². The minimum absolute atomic E-state index is 0.116. The van der Waals surface area contributed by atoms with Gasteiger partial charge in [-0.1, -0.05) is 0 Å². The highest BCUT2D eigenvalue weighted by molar-refractivity contribution is 5.71. The standard InChI is InChI=1S/C17H25N5O3/c1-2-25-11-10-22-15(19-14-4-3-5-18-17(14)22)12-20-6-8-21(9-7-20)13-16(23)24/h3-5H,2,6-13H2,1H3,(H,23,24). The number of piperazine rings is 1. The number of fused-ring (bicyclic) bond motifs is 1. The summed E-state index contributed by atoms with van der Waals surface area (Å²) < 4.78 is 7.63. The van der Waals surface area contributed by atoms with E-state index in [-0.39, 0.29) is 6.54 Å². The van der Waals surface area contributed by atoms with E-state index in [4.69, 9.17) is 14.8 Å². The van der Waals surface area contributed by atoms with Crippen LogP contribution in [0.25, 0.3) is 11.2 Å². The Morgan fingerprint density at radius 3 is 2.76 bits per heavy atom. The van der Waals surface area contributed by atoms with Crippen molar-refractivity contribution in [2.24, 2.45) is 0 Å². The highest BCUT2D eigenvalue weighted by Gasteiger charge is 2.21. The lowest BCUT2D eigenvalue weighted by Gasteiger charge is -2.33. The van der Waals surface area contributed by atoms with E-state index in [1.54, 1.807) is 6.20 Å². The van der Waals surface area contributed by atoms with Gasteiger partial charge in [-0.2, -0.15) is 0 Å². The number of carboxylic acids is 1. The molecule has 2 aromatic heterocycles. The van der Waals surface area contributed by atoms with Gasteiger partial charge in [0.1, 0.15) is 11.3 Å². The highest BCUT2D eigenvalue weighted by Crippen LogP contribution is 2.16. The van der Waals surface area contributed by atoms with E-state index in [1.807, 2.05) is 24.0 Å². The molecule has 136 valence electrons. The second-order valence-corrected chi connectivity index (χ2v) is 6.17. The molecule has 1 saturated heterocycles. The first kappa shape index (κ1) is 17.8. The summed E-state index contributed by atoms with van der Waals surface area (Å²) in [5.41, 5.74) is 1.79. The van der Waals surface area contributed by atoms with Gasteiger partial charge in [-0.15, -0.1) is 0 Å². The molecule has 0 atom stereocenters. The molecule has 3 rings (SSSR count). The lowest BCUT2D eigenvalue weighted by Crippen LogP contribution is -2.47. The summed E-state index contributed by atoms with van der Waals surface area (Å²) in [6.07, 6.45) is 1.79. The maximum absolute atomic E-state index is 10.8. The number of ether oxygens (including phenoxy) is 1. The molecule has 0 radical (unpaired) electrons. The van der Waals surface area contributed by atoms with Crippen LogP contribution in [0.2, 0.25) is 0 Å². The quantitative estimate of drug-likeness (QED) is 0.703. The van der Waals surface area contributed by atoms with Gasteiger partial charge in [0.2, 0.25) is 0 Å². The fourth-order valence-corrected chi connectivity index (χ4v) is 3.16. The third kappa shape index (κ3) is 4.53. The second-order valence-electron chi connectivity index (χ2n) is 6.17. The van der Waals surface area contributed by atoms with Crippen LogP contribution in [-0.4, -0.2) is 81.3 Å². The van der Waals surface area contributed by atoms with E-state index >= 15 is 0 Å². The molecule has 0 aromatic carbocycles. The van der Waals surface area contributed by atoms with Crippen LogP contribution in [0.15, 0.2) is 18.3 Å². The number of aliphatic carboxylic acids is 1. The van der Waals surface area contributed by atoms with E-state index in [0.29, 0.717) is 13.2 Å². The third-order valence-corrected chi connectivity index (χ3v) is 4.43. The molecule has 0 spiro atoms. The Hall–Kier alpha value is -2.03. The normalized spacial score (nSPS) is 16.5. The van der Waals surface area contributed by atoms with Gasteiger partial charge in [0, 0.05) is 45.5 Å². The second kappa shape index (κ2) is 8.37. The molecule has 1 fully saturated rings. The highest BCUT2D eigenvalue weighted by atomic mass is 16.5. The van der Waals surface area contributed by atoms with Gasteiger partial charge in [0.05, 0.1) is 19.7 Å². The van der Waals surface area contributed by atoms with Crippen molar-refractivity contribution in [1.29, 1.82) is 0 Å². The van der Waals surface area contributed by atoms with Crippen molar-refractivity contribution in [3.8, 4) is 0 Å². The van der Waals surface area contributed by atoms with Crippen molar-refractivity contribution in [1.82, 2.24) is 24.3 Å². The molecule has 0 aliphatic carbocycles. The van der Waals surface area contributed by atoms with Crippen LogP contribution < -0.4 is 0 Å². The van der Waals surface area contributed by atoms with E-state index in [0.717, 1.165) is 56.3 Å². The largest absolute Gasteiger partial charge is 0.480 e. The van der Waals surface area contributed by atoms with Crippen LogP contribution in [-0.2, 0) is 22.6 Å². The van der Waals surface area contributed by atoms with Gasteiger partial charge in [-0.25, -0.2) is 9.97 Å². The van der Waals surface area contributed by atoms with E-state index in [1.165, 1.54) is 0 Å². The van der Waals surface area contributed by atoms with E-state index in [2.05, 4.69) is 14.5 Å². The first-order valence-electron chi connectivity index (χ1n) is 8.71. The number of pyridine rings is 1. The zero-order valence-electron chi connectivity index (χ0n) is 14.6. The molecule has 1 N–H and O–H groups in total.